The summed E-state index contributed by atoms with van der Waals surface area (Å²) in [6.07, 6.45) is 0. The molecule has 1 aromatic carbocycles. The number of H-pyrrole nitrogens is 1. The number of fused-ring (bicyclic) bond motifs is 1. The zero-order chi connectivity index (χ0) is 15.0. The minimum absolute atomic E-state index is 0.204. The van der Waals surface area contributed by atoms with E-state index in [1.165, 1.54) is 9.08 Å². The molecule has 0 aliphatic carbocycles. The molecule has 2 heterocycles. The summed E-state index contributed by atoms with van der Waals surface area (Å²) in [6.45, 7) is 2.35. The molecule has 0 fully saturated rings. The monoisotopic (exact) mass is 303 g/mol. The largest absolute Gasteiger partial charge is 0.497 e. The molecule has 0 saturated carbocycles. The first-order valence-corrected chi connectivity index (χ1v) is 6.79. The van der Waals surface area contributed by atoms with Gasteiger partial charge in [0.05, 0.1) is 7.11 Å². The number of nitrogens with one attached hydrogen (secondary N) is 1. The molecule has 3 aromatic rings. The quantitative estimate of drug-likeness (QED) is 0.744. The standard InChI is InChI=1S/C13H13N5O2S/c1-3-17-11(19)10(8-4-6-9(20-2)7-5-8)16-18-12(17)14-15-13(18)21/h4-7H,3H2,1-2H3,(H,15,21). The molecule has 0 radical (unpaired) electrons. The van der Waals surface area contributed by atoms with E-state index in [0.717, 1.165) is 5.75 Å². The second-order valence-corrected chi connectivity index (χ2v) is 4.75. The maximum absolute atomic E-state index is 12.5. The number of aromatic amines is 1. The summed E-state index contributed by atoms with van der Waals surface area (Å²) in [5.41, 5.74) is 0.821. The summed E-state index contributed by atoms with van der Waals surface area (Å²) in [5.74, 6) is 1.13. The van der Waals surface area contributed by atoms with Crippen LogP contribution in [0.3, 0.4) is 0 Å². The van der Waals surface area contributed by atoms with Gasteiger partial charge in [0.1, 0.15) is 5.75 Å². The Bertz CT molecular complexity index is 907. The van der Waals surface area contributed by atoms with E-state index in [-0.39, 0.29) is 5.56 Å². The Morgan fingerprint density at radius 3 is 2.67 bits per heavy atom. The average molecular weight is 303 g/mol. The van der Waals surface area contributed by atoms with Gasteiger partial charge in [-0.1, -0.05) is 0 Å². The maximum Gasteiger partial charge on any atom is 0.281 e. The van der Waals surface area contributed by atoms with E-state index in [4.69, 9.17) is 17.0 Å². The number of aryl methyl sites for hydroxylation is 1. The Morgan fingerprint density at radius 1 is 1.33 bits per heavy atom. The summed E-state index contributed by atoms with van der Waals surface area (Å²) in [7, 11) is 1.59. The van der Waals surface area contributed by atoms with Crippen molar-refractivity contribution >= 4 is 18.0 Å². The summed E-state index contributed by atoms with van der Waals surface area (Å²) in [6, 6.07) is 7.15. The fraction of sp³-hybridized carbons (Fsp3) is 0.231. The van der Waals surface area contributed by atoms with Crippen molar-refractivity contribution < 1.29 is 4.74 Å². The SMILES string of the molecule is CCn1c(=O)c(-c2ccc(OC)cc2)nn2c(=S)[nH]nc12. The molecule has 0 atom stereocenters. The molecule has 21 heavy (non-hydrogen) atoms. The van der Waals surface area contributed by atoms with Gasteiger partial charge in [-0.15, -0.1) is 5.10 Å². The van der Waals surface area contributed by atoms with Crippen LogP contribution in [0.15, 0.2) is 29.1 Å². The fourth-order valence-electron chi connectivity index (χ4n) is 2.12. The Labute approximate surface area is 124 Å². The third kappa shape index (κ3) is 2.13. The van der Waals surface area contributed by atoms with Crippen LogP contribution in [0.1, 0.15) is 6.92 Å². The molecule has 1 N–H and O–H groups in total. The highest BCUT2D eigenvalue weighted by atomic mass is 32.1. The summed E-state index contributed by atoms with van der Waals surface area (Å²) >= 11 is 5.13. The predicted molar refractivity (Wildman–Crippen MR) is 80.1 cm³/mol. The first kappa shape index (κ1) is 13.5. The van der Waals surface area contributed by atoms with Crippen molar-refractivity contribution in [2.24, 2.45) is 0 Å². The number of hydrogen-bond acceptors (Lipinski definition) is 5. The molecule has 108 valence electrons. The fourth-order valence-corrected chi connectivity index (χ4v) is 2.29. The normalized spacial score (nSPS) is 11.0. The average Bonchev–Trinajstić information content (AvgIpc) is 2.88. The molecule has 3 rings (SSSR count). The summed E-state index contributed by atoms with van der Waals surface area (Å²) < 4.78 is 8.45. The van der Waals surface area contributed by atoms with Gasteiger partial charge in [-0.25, -0.2) is 5.10 Å². The molecule has 8 heteroatoms. The van der Waals surface area contributed by atoms with Crippen molar-refractivity contribution in [2.45, 2.75) is 13.5 Å². The van der Waals surface area contributed by atoms with Gasteiger partial charge in [0.2, 0.25) is 4.77 Å². The minimum Gasteiger partial charge on any atom is -0.497 e. The number of rotatable bonds is 3. The Morgan fingerprint density at radius 2 is 2.05 bits per heavy atom. The first-order chi connectivity index (χ1) is 10.2. The third-order valence-corrected chi connectivity index (χ3v) is 3.47. The van der Waals surface area contributed by atoms with Crippen LogP contribution >= 0.6 is 12.2 Å². The summed E-state index contributed by atoms with van der Waals surface area (Å²) in [4.78, 5) is 12.5. The predicted octanol–water partition coefficient (Wildman–Crippen LogP) is 1.64. The molecular formula is C13H13N5O2S. The lowest BCUT2D eigenvalue weighted by Crippen LogP contribution is -2.25. The highest BCUT2D eigenvalue weighted by Gasteiger charge is 2.14. The molecule has 0 aliphatic heterocycles. The first-order valence-electron chi connectivity index (χ1n) is 6.38. The zero-order valence-electron chi connectivity index (χ0n) is 11.5. The van der Waals surface area contributed by atoms with Crippen molar-refractivity contribution in [3.8, 4) is 17.0 Å². The van der Waals surface area contributed by atoms with Crippen LogP contribution in [-0.2, 0) is 6.54 Å². The third-order valence-electron chi connectivity index (χ3n) is 3.20. The van der Waals surface area contributed by atoms with Gasteiger partial charge in [0, 0.05) is 12.1 Å². The molecule has 0 spiro atoms. The highest BCUT2D eigenvalue weighted by molar-refractivity contribution is 7.71. The Balaban J connectivity index is 2.31. The molecule has 0 aliphatic rings. The van der Waals surface area contributed by atoms with Crippen LogP contribution < -0.4 is 10.3 Å². The van der Waals surface area contributed by atoms with E-state index < -0.39 is 0 Å². The Hall–Kier alpha value is -2.48. The zero-order valence-corrected chi connectivity index (χ0v) is 12.3. The van der Waals surface area contributed by atoms with Crippen molar-refractivity contribution in [2.75, 3.05) is 7.11 Å². The lowest BCUT2D eigenvalue weighted by atomic mass is 10.1. The van der Waals surface area contributed by atoms with Gasteiger partial charge in [-0.3, -0.25) is 9.36 Å². The van der Waals surface area contributed by atoms with Crippen LogP contribution in [0.5, 0.6) is 5.75 Å². The number of methoxy groups -OCH3 is 1. The van der Waals surface area contributed by atoms with Crippen LogP contribution in [0.2, 0.25) is 0 Å². The highest BCUT2D eigenvalue weighted by Crippen LogP contribution is 2.18. The van der Waals surface area contributed by atoms with E-state index in [9.17, 15) is 4.79 Å². The molecular weight excluding hydrogens is 290 g/mol. The minimum atomic E-state index is -0.204. The van der Waals surface area contributed by atoms with Crippen molar-refractivity contribution in [3.63, 3.8) is 0 Å². The number of hydrogen-bond donors (Lipinski definition) is 1. The lowest BCUT2D eigenvalue weighted by Gasteiger charge is -2.07. The van der Waals surface area contributed by atoms with Gasteiger partial charge in [-0.2, -0.15) is 9.61 Å². The molecule has 0 unspecified atom stereocenters. The van der Waals surface area contributed by atoms with E-state index in [1.807, 2.05) is 6.92 Å². The topological polar surface area (TPSA) is 77.2 Å². The van der Waals surface area contributed by atoms with Gasteiger partial charge in [0.25, 0.3) is 11.3 Å². The number of nitrogens with zero attached hydrogens (tertiary/aromatic N) is 4. The maximum atomic E-state index is 12.5. The van der Waals surface area contributed by atoms with Crippen LogP contribution in [0.4, 0.5) is 0 Å². The van der Waals surface area contributed by atoms with E-state index in [0.29, 0.717) is 28.4 Å². The Kier molecular flexibility index (Phi) is 3.30. The van der Waals surface area contributed by atoms with Gasteiger partial charge in [-0.05, 0) is 43.4 Å². The van der Waals surface area contributed by atoms with Crippen molar-refractivity contribution in [1.29, 1.82) is 0 Å². The molecule has 0 saturated heterocycles. The second kappa shape index (κ2) is 5.13. The lowest BCUT2D eigenvalue weighted by molar-refractivity contribution is 0.415. The van der Waals surface area contributed by atoms with Gasteiger partial charge >= 0.3 is 0 Å². The van der Waals surface area contributed by atoms with Crippen LogP contribution in [-0.4, -0.2) is 31.5 Å². The smallest absolute Gasteiger partial charge is 0.281 e. The second-order valence-electron chi connectivity index (χ2n) is 4.37. The number of ether oxygens (including phenoxy) is 1. The van der Waals surface area contributed by atoms with Crippen LogP contribution in [0, 0.1) is 4.77 Å². The van der Waals surface area contributed by atoms with Gasteiger partial charge < -0.3 is 4.74 Å². The number of aromatic nitrogens is 5. The molecule has 0 amide bonds. The number of benzene rings is 1. The van der Waals surface area contributed by atoms with Crippen molar-refractivity contribution in [1.82, 2.24) is 24.4 Å². The van der Waals surface area contributed by atoms with E-state index >= 15 is 0 Å². The molecule has 2 aromatic heterocycles. The molecule has 0 bridgehead atoms. The van der Waals surface area contributed by atoms with Gasteiger partial charge in [0.15, 0.2) is 5.69 Å². The van der Waals surface area contributed by atoms with Crippen molar-refractivity contribution in [3.05, 3.63) is 39.4 Å². The summed E-state index contributed by atoms with van der Waals surface area (Å²) in [5, 5.41) is 11.0. The van der Waals surface area contributed by atoms with E-state index in [1.54, 1.807) is 31.4 Å². The van der Waals surface area contributed by atoms with E-state index in [2.05, 4.69) is 15.3 Å². The van der Waals surface area contributed by atoms with Crippen LogP contribution in [0.25, 0.3) is 17.0 Å². The molecule has 7 nitrogen and oxygen atoms in total.